The monoisotopic (exact) mass is 306 g/mol. The zero-order valence-corrected chi connectivity index (χ0v) is 9.83. The Hall–Kier alpha value is -0.630. The second kappa shape index (κ2) is 3.26. The number of aryl methyl sites for hydroxylation is 1. The number of nitrogens with zero attached hydrogens (tertiary/aromatic N) is 3. The summed E-state index contributed by atoms with van der Waals surface area (Å²) >= 11 is 3.88. The molecular weight excluding hydrogens is 299 g/mol. The highest BCUT2D eigenvalue weighted by atomic mass is 127. The van der Waals surface area contributed by atoms with Crippen molar-refractivity contribution in [3.8, 4) is 10.7 Å². The molecule has 0 amide bonds. The summed E-state index contributed by atoms with van der Waals surface area (Å²) in [4.78, 5) is 5.23. The molecule has 4 nitrogen and oxygen atoms in total. The van der Waals surface area contributed by atoms with E-state index in [4.69, 9.17) is 5.73 Å². The van der Waals surface area contributed by atoms with Crippen molar-refractivity contribution in [2.75, 3.05) is 5.73 Å². The zero-order valence-electron chi connectivity index (χ0n) is 6.86. The van der Waals surface area contributed by atoms with Gasteiger partial charge in [0.1, 0.15) is 0 Å². The van der Waals surface area contributed by atoms with Gasteiger partial charge in [0.05, 0.1) is 4.88 Å². The molecule has 2 N–H and O–H groups in total. The quantitative estimate of drug-likeness (QED) is 0.816. The van der Waals surface area contributed by atoms with Crippen molar-refractivity contribution in [3.05, 3.63) is 15.0 Å². The maximum absolute atomic E-state index is 5.59. The van der Waals surface area contributed by atoms with Crippen LogP contribution in [0.25, 0.3) is 10.7 Å². The average Bonchev–Trinajstić information content (AvgIpc) is 2.60. The first-order chi connectivity index (χ1) is 6.18. The minimum Gasteiger partial charge on any atom is -0.368 e. The molecule has 13 heavy (non-hydrogen) atoms. The highest BCUT2D eigenvalue weighted by molar-refractivity contribution is 14.1. The minimum atomic E-state index is 0.444. The van der Waals surface area contributed by atoms with E-state index in [-0.39, 0.29) is 0 Å². The van der Waals surface area contributed by atoms with E-state index >= 15 is 0 Å². The molecule has 2 heterocycles. The van der Waals surface area contributed by atoms with Gasteiger partial charge in [0, 0.05) is 10.6 Å². The van der Waals surface area contributed by atoms with Gasteiger partial charge >= 0.3 is 0 Å². The summed E-state index contributed by atoms with van der Waals surface area (Å²) in [6.07, 6.45) is 0. The molecule has 0 aromatic carbocycles. The maximum atomic E-state index is 5.59. The summed E-state index contributed by atoms with van der Waals surface area (Å²) in [6.45, 7) is 0. The molecule has 0 aliphatic carbocycles. The summed E-state index contributed by atoms with van der Waals surface area (Å²) in [7, 11) is 1.78. The Morgan fingerprint density at radius 1 is 1.62 bits per heavy atom. The largest absolute Gasteiger partial charge is 0.368 e. The SMILES string of the molecule is Cn1nc(-c2sccc2I)nc1N. The molecule has 6 heteroatoms. The predicted molar refractivity (Wildman–Crippen MR) is 61.4 cm³/mol. The molecule has 0 atom stereocenters. The van der Waals surface area contributed by atoms with Crippen LogP contribution in [0, 0.1) is 3.57 Å². The van der Waals surface area contributed by atoms with Crippen LogP contribution >= 0.6 is 33.9 Å². The fourth-order valence-electron chi connectivity index (χ4n) is 0.946. The maximum Gasteiger partial charge on any atom is 0.218 e. The molecule has 2 aromatic rings. The average molecular weight is 306 g/mol. The van der Waals surface area contributed by atoms with E-state index in [0.717, 1.165) is 8.45 Å². The number of hydrogen-bond donors (Lipinski definition) is 1. The molecule has 2 rings (SSSR count). The van der Waals surface area contributed by atoms with Crippen molar-refractivity contribution in [3.63, 3.8) is 0 Å². The first kappa shape index (κ1) is 8.95. The fourth-order valence-corrected chi connectivity index (χ4v) is 2.71. The van der Waals surface area contributed by atoms with Crippen LogP contribution in [0.15, 0.2) is 11.4 Å². The molecule has 0 fully saturated rings. The third-order valence-electron chi connectivity index (χ3n) is 1.62. The Morgan fingerprint density at radius 3 is 2.85 bits per heavy atom. The summed E-state index contributed by atoms with van der Waals surface area (Å²) < 4.78 is 2.73. The number of anilines is 1. The third kappa shape index (κ3) is 1.55. The normalized spacial score (nSPS) is 10.6. The number of aromatic nitrogens is 3. The van der Waals surface area contributed by atoms with E-state index in [0.29, 0.717) is 11.8 Å². The van der Waals surface area contributed by atoms with Crippen molar-refractivity contribution >= 4 is 39.9 Å². The van der Waals surface area contributed by atoms with Crippen LogP contribution < -0.4 is 5.73 Å². The van der Waals surface area contributed by atoms with Crippen LogP contribution in [0.3, 0.4) is 0 Å². The lowest BCUT2D eigenvalue weighted by atomic mass is 10.4. The van der Waals surface area contributed by atoms with Crippen molar-refractivity contribution in [2.24, 2.45) is 7.05 Å². The Kier molecular flexibility index (Phi) is 2.24. The van der Waals surface area contributed by atoms with Crippen LogP contribution in [0.1, 0.15) is 0 Å². The van der Waals surface area contributed by atoms with Gasteiger partial charge in [-0.2, -0.15) is 4.98 Å². The van der Waals surface area contributed by atoms with E-state index in [1.165, 1.54) is 0 Å². The molecule has 0 aliphatic rings. The summed E-state index contributed by atoms with van der Waals surface area (Å²) in [6, 6.07) is 2.03. The lowest BCUT2D eigenvalue weighted by Crippen LogP contribution is -1.97. The van der Waals surface area contributed by atoms with Crippen molar-refractivity contribution in [1.29, 1.82) is 0 Å². The van der Waals surface area contributed by atoms with E-state index in [1.807, 2.05) is 11.4 Å². The zero-order chi connectivity index (χ0) is 9.42. The van der Waals surface area contributed by atoms with Gasteiger partial charge < -0.3 is 5.73 Å². The molecular formula is C7H7IN4S. The smallest absolute Gasteiger partial charge is 0.218 e. The van der Waals surface area contributed by atoms with Crippen molar-refractivity contribution < 1.29 is 0 Å². The van der Waals surface area contributed by atoms with Gasteiger partial charge in [-0.05, 0) is 34.0 Å². The number of thiophene rings is 1. The van der Waals surface area contributed by atoms with Crippen LogP contribution in [0.4, 0.5) is 5.95 Å². The number of nitrogens with two attached hydrogens (primary N) is 1. The van der Waals surface area contributed by atoms with Crippen molar-refractivity contribution in [2.45, 2.75) is 0 Å². The van der Waals surface area contributed by atoms with Gasteiger partial charge in [-0.15, -0.1) is 16.4 Å². The van der Waals surface area contributed by atoms with Crippen LogP contribution in [-0.4, -0.2) is 14.8 Å². The first-order valence-electron chi connectivity index (χ1n) is 3.58. The molecule has 0 saturated heterocycles. The van der Waals surface area contributed by atoms with Gasteiger partial charge in [0.25, 0.3) is 0 Å². The van der Waals surface area contributed by atoms with Gasteiger partial charge in [0.2, 0.25) is 5.95 Å². The number of rotatable bonds is 1. The first-order valence-corrected chi connectivity index (χ1v) is 5.54. The highest BCUT2D eigenvalue weighted by Crippen LogP contribution is 2.28. The summed E-state index contributed by atoms with van der Waals surface area (Å²) in [5, 5.41) is 6.22. The van der Waals surface area contributed by atoms with E-state index in [1.54, 1.807) is 23.1 Å². The highest BCUT2D eigenvalue weighted by Gasteiger charge is 2.10. The minimum absolute atomic E-state index is 0.444. The van der Waals surface area contributed by atoms with Gasteiger partial charge in [0.15, 0.2) is 5.82 Å². The third-order valence-corrected chi connectivity index (χ3v) is 3.79. The molecule has 0 spiro atoms. The molecule has 0 bridgehead atoms. The number of halogens is 1. The lowest BCUT2D eigenvalue weighted by molar-refractivity contribution is 0.781. The molecule has 0 saturated carbocycles. The molecule has 2 aromatic heterocycles. The predicted octanol–water partition coefficient (Wildman–Crippen LogP) is 1.73. The van der Waals surface area contributed by atoms with Gasteiger partial charge in [-0.25, -0.2) is 4.68 Å². The van der Waals surface area contributed by atoms with E-state index in [9.17, 15) is 0 Å². The fraction of sp³-hybridized carbons (Fsp3) is 0.143. The summed E-state index contributed by atoms with van der Waals surface area (Å²) in [5.41, 5.74) is 5.59. The second-order valence-corrected chi connectivity index (χ2v) is 4.59. The molecule has 68 valence electrons. The Labute approximate surface area is 92.9 Å². The molecule has 0 unspecified atom stereocenters. The number of nitrogen functional groups attached to an aromatic ring is 1. The molecule has 0 aliphatic heterocycles. The van der Waals surface area contributed by atoms with E-state index in [2.05, 4.69) is 32.7 Å². The Morgan fingerprint density at radius 2 is 2.38 bits per heavy atom. The standard InChI is InChI=1S/C7H7IN4S/c1-12-7(9)10-6(11-12)5-4(8)2-3-13-5/h2-3H,1H3,(H2,9,10,11). The molecule has 0 radical (unpaired) electrons. The Bertz CT molecular complexity index is 414. The van der Waals surface area contributed by atoms with Gasteiger partial charge in [-0.1, -0.05) is 0 Å². The van der Waals surface area contributed by atoms with Gasteiger partial charge in [-0.3, -0.25) is 0 Å². The van der Waals surface area contributed by atoms with Crippen LogP contribution in [0.2, 0.25) is 0 Å². The summed E-state index contributed by atoms with van der Waals surface area (Å²) in [5.74, 6) is 1.15. The topological polar surface area (TPSA) is 56.7 Å². The van der Waals surface area contributed by atoms with Crippen molar-refractivity contribution in [1.82, 2.24) is 14.8 Å². The number of hydrogen-bond acceptors (Lipinski definition) is 4. The Balaban J connectivity index is 2.53. The van der Waals surface area contributed by atoms with Crippen LogP contribution in [-0.2, 0) is 7.05 Å². The second-order valence-electron chi connectivity index (χ2n) is 2.51. The van der Waals surface area contributed by atoms with Crippen LogP contribution in [0.5, 0.6) is 0 Å². The van der Waals surface area contributed by atoms with E-state index < -0.39 is 0 Å². The lowest BCUT2D eigenvalue weighted by Gasteiger charge is -1.88.